The summed E-state index contributed by atoms with van der Waals surface area (Å²) >= 11 is 0. The van der Waals surface area contributed by atoms with Crippen LogP contribution in [0.5, 0.6) is 0 Å². The Morgan fingerprint density at radius 1 is 1.33 bits per heavy atom. The molecular formula is C12H16N2O4. The largest absolute Gasteiger partial charge is 0.475 e. The highest BCUT2D eigenvalue weighted by molar-refractivity contribution is 5.84. The molecule has 6 heteroatoms. The van der Waals surface area contributed by atoms with Crippen molar-refractivity contribution in [1.29, 1.82) is 0 Å². The number of carboxylic acid groups (broad SMARTS) is 1. The molecule has 0 spiro atoms. The molecule has 1 saturated carbocycles. The third-order valence-electron chi connectivity index (χ3n) is 2.99. The van der Waals surface area contributed by atoms with E-state index < -0.39 is 5.97 Å². The van der Waals surface area contributed by atoms with Crippen molar-refractivity contribution in [2.24, 2.45) is 0 Å². The van der Waals surface area contributed by atoms with Crippen LogP contribution in [0.4, 0.5) is 4.79 Å². The Morgan fingerprint density at radius 3 is 2.67 bits per heavy atom. The van der Waals surface area contributed by atoms with Gasteiger partial charge in [-0.05, 0) is 25.0 Å². The topological polar surface area (TPSA) is 91.6 Å². The number of carbonyl (C=O) groups is 2. The molecule has 1 fully saturated rings. The summed E-state index contributed by atoms with van der Waals surface area (Å²) in [6.45, 7) is 0.186. The van der Waals surface area contributed by atoms with E-state index in [1.165, 1.54) is 6.07 Å². The number of furan rings is 1. The van der Waals surface area contributed by atoms with Gasteiger partial charge in [0.05, 0.1) is 6.54 Å². The van der Waals surface area contributed by atoms with Gasteiger partial charge in [-0.25, -0.2) is 9.59 Å². The zero-order valence-electron chi connectivity index (χ0n) is 9.94. The van der Waals surface area contributed by atoms with E-state index in [1.807, 2.05) is 0 Å². The van der Waals surface area contributed by atoms with E-state index in [-0.39, 0.29) is 24.4 Å². The number of carboxylic acids is 1. The summed E-state index contributed by atoms with van der Waals surface area (Å²) in [6.07, 6.45) is 4.37. The zero-order valence-corrected chi connectivity index (χ0v) is 9.94. The van der Waals surface area contributed by atoms with Crippen LogP contribution in [0.2, 0.25) is 0 Å². The fraction of sp³-hybridized carbons (Fsp3) is 0.500. The van der Waals surface area contributed by atoms with E-state index in [0.717, 1.165) is 25.7 Å². The molecule has 1 aliphatic carbocycles. The van der Waals surface area contributed by atoms with Gasteiger partial charge in [-0.15, -0.1) is 0 Å². The maximum atomic E-state index is 11.5. The van der Waals surface area contributed by atoms with Crippen molar-refractivity contribution in [1.82, 2.24) is 10.6 Å². The molecule has 0 radical (unpaired) electrons. The summed E-state index contributed by atoms with van der Waals surface area (Å²) in [5, 5.41) is 14.2. The number of hydrogen-bond acceptors (Lipinski definition) is 3. The lowest BCUT2D eigenvalue weighted by Gasteiger charge is -2.12. The van der Waals surface area contributed by atoms with E-state index in [2.05, 4.69) is 10.6 Å². The van der Waals surface area contributed by atoms with Gasteiger partial charge < -0.3 is 20.2 Å². The molecule has 0 bridgehead atoms. The molecule has 98 valence electrons. The van der Waals surface area contributed by atoms with Gasteiger partial charge in [0.15, 0.2) is 0 Å². The maximum absolute atomic E-state index is 11.5. The summed E-state index contributed by atoms with van der Waals surface area (Å²) in [4.78, 5) is 22.1. The molecule has 0 aromatic carbocycles. The van der Waals surface area contributed by atoms with Gasteiger partial charge in [0.1, 0.15) is 5.76 Å². The molecule has 0 saturated heterocycles. The molecule has 0 aliphatic heterocycles. The average molecular weight is 252 g/mol. The van der Waals surface area contributed by atoms with Crippen molar-refractivity contribution in [3.05, 3.63) is 23.7 Å². The maximum Gasteiger partial charge on any atom is 0.371 e. The molecule has 1 heterocycles. The monoisotopic (exact) mass is 252 g/mol. The Kier molecular flexibility index (Phi) is 3.86. The fourth-order valence-corrected chi connectivity index (χ4v) is 2.06. The summed E-state index contributed by atoms with van der Waals surface area (Å²) in [7, 11) is 0. The minimum Gasteiger partial charge on any atom is -0.475 e. The molecular weight excluding hydrogens is 236 g/mol. The number of hydrogen-bond donors (Lipinski definition) is 3. The average Bonchev–Trinajstić information content (AvgIpc) is 2.96. The van der Waals surface area contributed by atoms with Crippen molar-refractivity contribution in [2.45, 2.75) is 38.3 Å². The summed E-state index contributed by atoms with van der Waals surface area (Å²) in [5.41, 5.74) is 0. The van der Waals surface area contributed by atoms with Crippen LogP contribution in [0.1, 0.15) is 42.0 Å². The van der Waals surface area contributed by atoms with E-state index in [1.54, 1.807) is 6.07 Å². The Morgan fingerprint density at radius 2 is 2.06 bits per heavy atom. The lowest BCUT2D eigenvalue weighted by molar-refractivity contribution is 0.0660. The molecule has 1 aromatic rings. The van der Waals surface area contributed by atoms with Crippen molar-refractivity contribution in [3.8, 4) is 0 Å². The standard InChI is InChI=1S/C12H16N2O4/c15-11(16)10-6-5-9(18-10)7-13-12(17)14-8-3-1-2-4-8/h5-6,8H,1-4,7H2,(H,15,16)(H2,13,14,17). The first-order chi connectivity index (χ1) is 8.65. The lowest BCUT2D eigenvalue weighted by Crippen LogP contribution is -2.40. The third-order valence-corrected chi connectivity index (χ3v) is 2.99. The van der Waals surface area contributed by atoms with Crippen LogP contribution in [0.25, 0.3) is 0 Å². The first kappa shape index (κ1) is 12.5. The van der Waals surface area contributed by atoms with Crippen molar-refractivity contribution in [2.75, 3.05) is 0 Å². The van der Waals surface area contributed by atoms with Crippen LogP contribution in [-0.4, -0.2) is 23.1 Å². The Balaban J connectivity index is 1.76. The smallest absolute Gasteiger partial charge is 0.371 e. The van der Waals surface area contributed by atoms with Crippen molar-refractivity contribution in [3.63, 3.8) is 0 Å². The van der Waals surface area contributed by atoms with Gasteiger partial charge in [0, 0.05) is 6.04 Å². The highest BCUT2D eigenvalue weighted by Crippen LogP contribution is 2.17. The van der Waals surface area contributed by atoms with E-state index in [4.69, 9.17) is 9.52 Å². The van der Waals surface area contributed by atoms with Gasteiger partial charge in [-0.1, -0.05) is 12.8 Å². The van der Waals surface area contributed by atoms with E-state index in [9.17, 15) is 9.59 Å². The molecule has 0 atom stereocenters. The fourth-order valence-electron chi connectivity index (χ4n) is 2.06. The number of rotatable bonds is 4. The normalized spacial score (nSPS) is 15.6. The van der Waals surface area contributed by atoms with Crippen LogP contribution in [0.15, 0.2) is 16.5 Å². The first-order valence-electron chi connectivity index (χ1n) is 6.01. The first-order valence-corrected chi connectivity index (χ1v) is 6.01. The second-order valence-corrected chi connectivity index (χ2v) is 4.38. The molecule has 1 aromatic heterocycles. The number of amides is 2. The molecule has 6 nitrogen and oxygen atoms in total. The lowest BCUT2D eigenvalue weighted by atomic mass is 10.2. The van der Waals surface area contributed by atoms with Crippen LogP contribution in [0.3, 0.4) is 0 Å². The van der Waals surface area contributed by atoms with Crippen LogP contribution >= 0.6 is 0 Å². The SMILES string of the molecule is O=C(NCc1ccc(C(=O)O)o1)NC1CCCC1. The molecule has 3 N–H and O–H groups in total. The second-order valence-electron chi connectivity index (χ2n) is 4.38. The Bertz CT molecular complexity index is 435. The minimum atomic E-state index is -1.11. The van der Waals surface area contributed by atoms with Crippen LogP contribution in [0, 0.1) is 0 Å². The molecule has 2 rings (SSSR count). The van der Waals surface area contributed by atoms with Gasteiger partial charge in [-0.3, -0.25) is 0 Å². The van der Waals surface area contributed by atoms with Crippen LogP contribution in [-0.2, 0) is 6.54 Å². The number of aromatic carboxylic acids is 1. The highest BCUT2D eigenvalue weighted by Gasteiger charge is 2.17. The molecule has 1 aliphatic rings. The van der Waals surface area contributed by atoms with E-state index >= 15 is 0 Å². The minimum absolute atomic E-state index is 0.122. The predicted molar refractivity (Wildman–Crippen MR) is 63.3 cm³/mol. The summed E-state index contributed by atoms with van der Waals surface area (Å²) < 4.78 is 5.02. The summed E-state index contributed by atoms with van der Waals surface area (Å²) in [6, 6.07) is 2.93. The quantitative estimate of drug-likeness (QED) is 0.760. The zero-order chi connectivity index (χ0) is 13.0. The summed E-state index contributed by atoms with van der Waals surface area (Å²) in [5.74, 6) is -0.811. The predicted octanol–water partition coefficient (Wildman–Crippen LogP) is 1.72. The molecule has 0 unspecified atom stereocenters. The second kappa shape index (κ2) is 5.57. The Labute approximate surface area is 104 Å². The van der Waals surface area contributed by atoms with Crippen molar-refractivity contribution < 1.29 is 19.1 Å². The van der Waals surface area contributed by atoms with Gasteiger partial charge in [0.2, 0.25) is 5.76 Å². The van der Waals surface area contributed by atoms with Crippen LogP contribution < -0.4 is 10.6 Å². The highest BCUT2D eigenvalue weighted by atomic mass is 16.4. The number of urea groups is 1. The number of nitrogens with one attached hydrogen (secondary N) is 2. The number of carbonyl (C=O) groups excluding carboxylic acids is 1. The Hall–Kier alpha value is -1.98. The van der Waals surface area contributed by atoms with Crippen molar-refractivity contribution >= 4 is 12.0 Å². The van der Waals surface area contributed by atoms with Gasteiger partial charge >= 0.3 is 12.0 Å². The van der Waals surface area contributed by atoms with E-state index in [0.29, 0.717) is 5.76 Å². The van der Waals surface area contributed by atoms with Gasteiger partial charge in [0.25, 0.3) is 0 Å². The molecule has 2 amide bonds. The molecule has 18 heavy (non-hydrogen) atoms. The van der Waals surface area contributed by atoms with Gasteiger partial charge in [-0.2, -0.15) is 0 Å². The third kappa shape index (κ3) is 3.26.